The second kappa shape index (κ2) is 6.04. The van der Waals surface area contributed by atoms with Crippen molar-refractivity contribution in [2.75, 3.05) is 25.1 Å². The van der Waals surface area contributed by atoms with Gasteiger partial charge in [-0.2, -0.15) is 0 Å². The zero-order chi connectivity index (χ0) is 16.4. The number of pyridine rings is 1. The molecular formula is C17H21N3O3. The van der Waals surface area contributed by atoms with Crippen LogP contribution in [0.2, 0.25) is 0 Å². The largest absolute Gasteiger partial charge is 0.381 e. The van der Waals surface area contributed by atoms with Crippen LogP contribution in [0.1, 0.15) is 13.3 Å². The zero-order valence-corrected chi connectivity index (χ0v) is 13.4. The first-order valence-corrected chi connectivity index (χ1v) is 7.70. The summed E-state index contributed by atoms with van der Waals surface area (Å²) in [5, 5.41) is 6.61. The highest BCUT2D eigenvalue weighted by Crippen LogP contribution is 2.26. The number of nitrogens with one attached hydrogen (secondary N) is 2. The van der Waals surface area contributed by atoms with Gasteiger partial charge in [0.25, 0.3) is 5.56 Å². The minimum Gasteiger partial charge on any atom is -0.381 e. The Morgan fingerprint density at radius 1 is 1.35 bits per heavy atom. The maximum atomic E-state index is 12.2. The Labute approximate surface area is 134 Å². The van der Waals surface area contributed by atoms with Gasteiger partial charge >= 0.3 is 6.03 Å². The maximum absolute atomic E-state index is 12.2. The van der Waals surface area contributed by atoms with Crippen LogP contribution in [0.3, 0.4) is 0 Å². The fourth-order valence-electron chi connectivity index (χ4n) is 2.82. The van der Waals surface area contributed by atoms with E-state index in [0.717, 1.165) is 23.9 Å². The second-order valence-electron chi connectivity index (χ2n) is 6.39. The number of aromatic nitrogens is 1. The third-order valence-electron chi connectivity index (χ3n) is 4.39. The van der Waals surface area contributed by atoms with Crippen molar-refractivity contribution in [2.45, 2.75) is 13.3 Å². The summed E-state index contributed by atoms with van der Waals surface area (Å²) in [5.74, 6) is 0. The van der Waals surface area contributed by atoms with Gasteiger partial charge in [-0.15, -0.1) is 0 Å². The number of amides is 2. The topological polar surface area (TPSA) is 72.4 Å². The van der Waals surface area contributed by atoms with E-state index in [1.165, 1.54) is 6.07 Å². The van der Waals surface area contributed by atoms with Crippen molar-refractivity contribution in [1.29, 1.82) is 0 Å². The van der Waals surface area contributed by atoms with Gasteiger partial charge in [-0.05, 0) is 24.6 Å². The van der Waals surface area contributed by atoms with Gasteiger partial charge in [0.1, 0.15) is 0 Å². The van der Waals surface area contributed by atoms with Crippen molar-refractivity contribution in [3.05, 3.63) is 40.7 Å². The summed E-state index contributed by atoms with van der Waals surface area (Å²) in [6, 6.07) is 8.49. The molecule has 0 radical (unpaired) electrons. The molecule has 0 aliphatic carbocycles. The van der Waals surface area contributed by atoms with Gasteiger partial charge in [-0.1, -0.05) is 13.0 Å². The lowest BCUT2D eigenvalue weighted by atomic mass is 9.90. The molecule has 1 aliphatic rings. The Morgan fingerprint density at radius 3 is 2.91 bits per heavy atom. The number of rotatable bonds is 3. The molecule has 1 fully saturated rings. The Hall–Kier alpha value is -2.34. The first-order valence-electron chi connectivity index (χ1n) is 7.70. The van der Waals surface area contributed by atoms with Crippen LogP contribution < -0.4 is 16.2 Å². The minimum absolute atomic E-state index is 0.00000495. The van der Waals surface area contributed by atoms with Crippen molar-refractivity contribution >= 4 is 22.6 Å². The average molecular weight is 315 g/mol. The Morgan fingerprint density at radius 2 is 2.17 bits per heavy atom. The molecule has 1 aliphatic heterocycles. The first-order chi connectivity index (χ1) is 11.0. The molecule has 1 atom stereocenters. The van der Waals surface area contributed by atoms with Crippen molar-refractivity contribution < 1.29 is 9.53 Å². The summed E-state index contributed by atoms with van der Waals surface area (Å²) >= 11 is 0. The highest BCUT2D eigenvalue weighted by atomic mass is 16.5. The van der Waals surface area contributed by atoms with E-state index in [-0.39, 0.29) is 17.0 Å². The van der Waals surface area contributed by atoms with E-state index < -0.39 is 0 Å². The number of anilines is 1. The van der Waals surface area contributed by atoms with Crippen molar-refractivity contribution in [3.63, 3.8) is 0 Å². The predicted octanol–water partition coefficient (Wildman–Crippen LogP) is 2.09. The molecule has 1 aromatic heterocycles. The molecule has 3 rings (SSSR count). The van der Waals surface area contributed by atoms with Crippen LogP contribution in [0.15, 0.2) is 35.1 Å². The molecule has 1 aromatic carbocycles. The second-order valence-corrected chi connectivity index (χ2v) is 6.39. The lowest BCUT2D eigenvalue weighted by Gasteiger charge is -2.22. The fourth-order valence-corrected chi connectivity index (χ4v) is 2.82. The lowest BCUT2D eigenvalue weighted by Crippen LogP contribution is -2.38. The summed E-state index contributed by atoms with van der Waals surface area (Å²) in [5.41, 5.74) is 1.39. The van der Waals surface area contributed by atoms with Crippen molar-refractivity contribution in [1.82, 2.24) is 9.88 Å². The minimum atomic E-state index is -0.250. The molecule has 0 spiro atoms. The summed E-state index contributed by atoms with van der Waals surface area (Å²) in [6.07, 6.45) is 0.948. The van der Waals surface area contributed by atoms with E-state index in [0.29, 0.717) is 18.8 Å². The number of fused-ring (bicyclic) bond motifs is 1. The van der Waals surface area contributed by atoms with Gasteiger partial charge in [0.15, 0.2) is 0 Å². The number of hydrogen-bond acceptors (Lipinski definition) is 3. The highest BCUT2D eigenvalue weighted by molar-refractivity contribution is 6.00. The molecule has 0 saturated carbocycles. The van der Waals surface area contributed by atoms with Crippen molar-refractivity contribution in [3.8, 4) is 0 Å². The smallest absolute Gasteiger partial charge is 0.319 e. The number of nitrogens with zero attached hydrogens (tertiary/aromatic N) is 1. The van der Waals surface area contributed by atoms with Crippen LogP contribution >= 0.6 is 0 Å². The van der Waals surface area contributed by atoms with E-state index in [1.54, 1.807) is 17.7 Å². The molecule has 122 valence electrons. The van der Waals surface area contributed by atoms with Gasteiger partial charge in [0.05, 0.1) is 17.8 Å². The Bertz CT molecular complexity index is 791. The molecule has 1 unspecified atom stereocenters. The number of hydrogen-bond donors (Lipinski definition) is 2. The van der Waals surface area contributed by atoms with Crippen LogP contribution in [0.5, 0.6) is 0 Å². The summed E-state index contributed by atoms with van der Waals surface area (Å²) < 4.78 is 6.95. The monoisotopic (exact) mass is 315 g/mol. The van der Waals surface area contributed by atoms with Gasteiger partial charge in [-0.3, -0.25) is 4.79 Å². The van der Waals surface area contributed by atoms with Crippen molar-refractivity contribution in [2.24, 2.45) is 12.5 Å². The molecular weight excluding hydrogens is 294 g/mol. The predicted molar refractivity (Wildman–Crippen MR) is 89.8 cm³/mol. The molecule has 23 heavy (non-hydrogen) atoms. The van der Waals surface area contributed by atoms with Gasteiger partial charge in [-0.25, -0.2) is 4.79 Å². The number of urea groups is 1. The summed E-state index contributed by atoms with van der Waals surface area (Å²) in [6.45, 7) is 4.09. The molecule has 2 heterocycles. The number of aryl methyl sites for hydroxylation is 1. The SMILES string of the molecule is Cn1c(=O)ccc2c(NC(=O)NCC3(C)CCOC3)cccc21. The van der Waals surface area contributed by atoms with Crippen LogP contribution in [-0.2, 0) is 11.8 Å². The van der Waals surface area contributed by atoms with Crippen LogP contribution in [0.4, 0.5) is 10.5 Å². The standard InChI is InChI=1S/C17H21N3O3/c1-17(8-9-23-11-17)10-18-16(22)19-13-4-3-5-14-12(13)6-7-15(21)20(14)2/h3-7H,8-11H2,1-2H3,(H2,18,19,22). The number of carbonyl (C=O) groups excluding carboxylic acids is 1. The van der Waals surface area contributed by atoms with E-state index in [2.05, 4.69) is 17.6 Å². The molecule has 0 bridgehead atoms. The van der Waals surface area contributed by atoms with Crippen LogP contribution in [0, 0.1) is 5.41 Å². The average Bonchev–Trinajstić information content (AvgIpc) is 2.97. The Balaban J connectivity index is 1.75. The third-order valence-corrected chi connectivity index (χ3v) is 4.39. The molecule has 6 nitrogen and oxygen atoms in total. The molecule has 1 saturated heterocycles. The number of carbonyl (C=O) groups is 1. The first kappa shape index (κ1) is 15.6. The van der Waals surface area contributed by atoms with Gasteiger partial charge in [0, 0.05) is 37.1 Å². The quantitative estimate of drug-likeness (QED) is 0.911. The van der Waals surface area contributed by atoms with Gasteiger partial charge < -0.3 is 19.9 Å². The van der Waals surface area contributed by atoms with E-state index in [1.807, 2.05) is 18.2 Å². The normalized spacial score (nSPS) is 20.6. The lowest BCUT2D eigenvalue weighted by molar-refractivity contribution is 0.159. The van der Waals surface area contributed by atoms with E-state index in [9.17, 15) is 9.59 Å². The fraction of sp³-hybridized carbons (Fsp3) is 0.412. The highest BCUT2D eigenvalue weighted by Gasteiger charge is 2.30. The maximum Gasteiger partial charge on any atom is 0.319 e. The molecule has 6 heteroatoms. The third kappa shape index (κ3) is 3.22. The Kier molecular flexibility index (Phi) is 4.09. The van der Waals surface area contributed by atoms with Crippen LogP contribution in [0.25, 0.3) is 10.9 Å². The van der Waals surface area contributed by atoms with Gasteiger partial charge in [0.2, 0.25) is 0 Å². The molecule has 2 aromatic rings. The number of ether oxygens (including phenoxy) is 1. The van der Waals surface area contributed by atoms with E-state index >= 15 is 0 Å². The summed E-state index contributed by atoms with van der Waals surface area (Å²) in [7, 11) is 1.72. The zero-order valence-electron chi connectivity index (χ0n) is 13.4. The molecule has 2 amide bonds. The number of benzene rings is 1. The summed E-state index contributed by atoms with van der Waals surface area (Å²) in [4.78, 5) is 23.9. The molecule has 2 N–H and O–H groups in total. The van der Waals surface area contributed by atoms with Crippen LogP contribution in [-0.4, -0.2) is 30.4 Å². The van der Waals surface area contributed by atoms with E-state index in [4.69, 9.17) is 4.74 Å².